The van der Waals surface area contributed by atoms with Crippen LogP contribution in [0.2, 0.25) is 0 Å². The fourth-order valence-electron chi connectivity index (χ4n) is 2.15. The molecule has 2 aromatic rings. The fourth-order valence-corrected chi connectivity index (χ4v) is 3.50. The summed E-state index contributed by atoms with van der Waals surface area (Å²) in [5, 5.41) is 9.04. The monoisotopic (exact) mass is 397 g/mol. The molecule has 0 amide bonds. The molecule has 0 aliphatic carbocycles. The molecule has 2 rings (SSSR count). The van der Waals surface area contributed by atoms with Gasteiger partial charge in [0.2, 0.25) is 10.0 Å². The third kappa shape index (κ3) is 5.16. The van der Waals surface area contributed by atoms with Crippen LogP contribution >= 0.6 is 15.9 Å². The Morgan fingerprint density at radius 2 is 1.70 bits per heavy atom. The first-order valence-corrected chi connectivity index (χ1v) is 9.18. The zero-order valence-electron chi connectivity index (χ0n) is 12.1. The summed E-state index contributed by atoms with van der Waals surface area (Å²) in [6, 6.07) is 15.3. The van der Waals surface area contributed by atoms with Crippen LogP contribution < -0.4 is 4.72 Å². The van der Waals surface area contributed by atoms with Crippen LogP contribution in [0.25, 0.3) is 0 Å². The summed E-state index contributed by atoms with van der Waals surface area (Å²) in [6.45, 7) is 0.0225. The zero-order valence-corrected chi connectivity index (χ0v) is 14.5. The number of hydrogen-bond acceptors (Lipinski definition) is 3. The lowest BCUT2D eigenvalue weighted by Crippen LogP contribution is -2.29. The van der Waals surface area contributed by atoms with E-state index in [0.717, 1.165) is 10.0 Å². The Morgan fingerprint density at radius 1 is 1.09 bits per heavy atom. The number of carbonyl (C=O) groups is 1. The number of hydrogen-bond donors (Lipinski definition) is 2. The van der Waals surface area contributed by atoms with E-state index < -0.39 is 21.9 Å². The van der Waals surface area contributed by atoms with Crippen molar-refractivity contribution in [2.75, 3.05) is 6.54 Å². The Labute approximate surface area is 143 Å². The predicted molar refractivity (Wildman–Crippen MR) is 90.8 cm³/mol. The molecule has 7 heteroatoms. The summed E-state index contributed by atoms with van der Waals surface area (Å²) in [5.74, 6) is -1.40. The summed E-state index contributed by atoms with van der Waals surface area (Å²) in [7, 11) is -3.68. The maximum Gasteiger partial charge on any atom is 0.304 e. The highest BCUT2D eigenvalue weighted by molar-refractivity contribution is 9.10. The van der Waals surface area contributed by atoms with Crippen molar-refractivity contribution < 1.29 is 18.3 Å². The maximum atomic E-state index is 12.3. The van der Waals surface area contributed by atoms with Gasteiger partial charge in [-0.1, -0.05) is 46.3 Å². The quantitative estimate of drug-likeness (QED) is 0.751. The number of carboxylic acid groups (broad SMARTS) is 1. The van der Waals surface area contributed by atoms with Crippen LogP contribution in [-0.2, 0) is 14.8 Å². The average Bonchev–Trinajstić information content (AvgIpc) is 2.52. The van der Waals surface area contributed by atoms with Gasteiger partial charge in [-0.25, -0.2) is 13.1 Å². The highest BCUT2D eigenvalue weighted by Crippen LogP contribution is 2.20. The number of carboxylic acids is 1. The molecule has 122 valence electrons. The molecule has 0 fully saturated rings. The molecule has 0 unspecified atom stereocenters. The van der Waals surface area contributed by atoms with E-state index in [2.05, 4.69) is 20.7 Å². The van der Waals surface area contributed by atoms with E-state index >= 15 is 0 Å². The molecule has 1 atom stereocenters. The van der Waals surface area contributed by atoms with Gasteiger partial charge in [0, 0.05) is 16.9 Å². The van der Waals surface area contributed by atoms with E-state index in [1.165, 1.54) is 12.1 Å². The standard InChI is InChI=1S/C16H16BrNO4S/c17-14-6-8-15(9-7-14)23(21,22)18-11-13(10-16(19)20)12-4-2-1-3-5-12/h1-9,13,18H,10-11H2,(H,19,20)/t13-/m1/s1. The average molecular weight is 398 g/mol. The van der Waals surface area contributed by atoms with Crippen molar-refractivity contribution in [3.8, 4) is 0 Å². The van der Waals surface area contributed by atoms with Crippen molar-refractivity contribution in [2.24, 2.45) is 0 Å². The van der Waals surface area contributed by atoms with Crippen molar-refractivity contribution in [3.63, 3.8) is 0 Å². The van der Waals surface area contributed by atoms with Crippen LogP contribution in [-0.4, -0.2) is 26.0 Å². The second-order valence-corrected chi connectivity index (χ2v) is 7.69. The molecular formula is C16H16BrNO4S. The Morgan fingerprint density at radius 3 is 2.26 bits per heavy atom. The Kier molecular flexibility index (Phi) is 5.92. The topological polar surface area (TPSA) is 83.5 Å². The molecule has 0 saturated heterocycles. The first-order valence-electron chi connectivity index (χ1n) is 6.90. The Hall–Kier alpha value is -1.70. The van der Waals surface area contributed by atoms with Crippen LogP contribution in [0.15, 0.2) is 64.0 Å². The van der Waals surface area contributed by atoms with Gasteiger partial charge in [0.25, 0.3) is 0 Å². The molecule has 0 bridgehead atoms. The number of aliphatic carboxylic acids is 1. The molecule has 0 heterocycles. The highest BCUT2D eigenvalue weighted by atomic mass is 79.9. The number of rotatable bonds is 7. The second kappa shape index (κ2) is 7.72. The molecule has 0 saturated carbocycles. The maximum absolute atomic E-state index is 12.3. The van der Waals surface area contributed by atoms with E-state index in [1.807, 2.05) is 6.07 Å². The lowest BCUT2D eigenvalue weighted by atomic mass is 9.96. The van der Waals surface area contributed by atoms with Gasteiger partial charge in [-0.15, -0.1) is 0 Å². The number of sulfonamides is 1. The lowest BCUT2D eigenvalue weighted by molar-refractivity contribution is -0.137. The van der Waals surface area contributed by atoms with Gasteiger partial charge in [-0.05, 0) is 29.8 Å². The number of nitrogens with one attached hydrogen (secondary N) is 1. The SMILES string of the molecule is O=C(O)C[C@H](CNS(=O)(=O)c1ccc(Br)cc1)c1ccccc1. The summed E-state index contributed by atoms with van der Waals surface area (Å²) < 4.78 is 27.9. The smallest absolute Gasteiger partial charge is 0.304 e. The predicted octanol–water partition coefficient (Wildman–Crippen LogP) is 2.99. The zero-order chi connectivity index (χ0) is 16.9. The number of halogens is 1. The summed E-state index contributed by atoms with van der Waals surface area (Å²) in [4.78, 5) is 11.2. The van der Waals surface area contributed by atoms with E-state index in [0.29, 0.717) is 0 Å². The van der Waals surface area contributed by atoms with E-state index in [1.54, 1.807) is 36.4 Å². The summed E-state index contributed by atoms with van der Waals surface area (Å²) >= 11 is 3.25. The third-order valence-corrected chi connectivity index (χ3v) is 5.30. The molecular weight excluding hydrogens is 382 g/mol. The molecule has 2 N–H and O–H groups in total. The van der Waals surface area contributed by atoms with Gasteiger partial charge >= 0.3 is 5.97 Å². The van der Waals surface area contributed by atoms with Gasteiger partial charge in [0.15, 0.2) is 0 Å². The van der Waals surface area contributed by atoms with Crippen molar-refractivity contribution in [1.82, 2.24) is 4.72 Å². The van der Waals surface area contributed by atoms with Crippen LogP contribution in [0, 0.1) is 0 Å². The van der Waals surface area contributed by atoms with Gasteiger partial charge in [-0.2, -0.15) is 0 Å². The lowest BCUT2D eigenvalue weighted by Gasteiger charge is -2.16. The van der Waals surface area contributed by atoms with Crippen molar-refractivity contribution >= 4 is 31.9 Å². The molecule has 0 aliphatic heterocycles. The van der Waals surface area contributed by atoms with E-state index in [9.17, 15) is 13.2 Å². The molecule has 5 nitrogen and oxygen atoms in total. The van der Waals surface area contributed by atoms with Gasteiger partial charge in [0.1, 0.15) is 0 Å². The molecule has 23 heavy (non-hydrogen) atoms. The molecule has 0 radical (unpaired) electrons. The first kappa shape index (κ1) is 17.7. The Balaban J connectivity index is 2.14. The summed E-state index contributed by atoms with van der Waals surface area (Å²) in [5.41, 5.74) is 0.786. The third-order valence-electron chi connectivity index (χ3n) is 3.34. The normalized spacial score (nSPS) is 12.7. The summed E-state index contributed by atoms with van der Waals surface area (Å²) in [6.07, 6.45) is -0.146. The van der Waals surface area contributed by atoms with Crippen LogP contribution in [0.1, 0.15) is 17.9 Å². The molecule has 2 aromatic carbocycles. The van der Waals surface area contributed by atoms with Gasteiger partial charge in [0.05, 0.1) is 11.3 Å². The Bertz CT molecular complexity index is 760. The van der Waals surface area contributed by atoms with Crippen LogP contribution in [0.5, 0.6) is 0 Å². The highest BCUT2D eigenvalue weighted by Gasteiger charge is 2.20. The molecule has 0 aliphatic rings. The van der Waals surface area contributed by atoms with Crippen molar-refractivity contribution in [2.45, 2.75) is 17.2 Å². The van der Waals surface area contributed by atoms with E-state index in [4.69, 9.17) is 5.11 Å². The minimum Gasteiger partial charge on any atom is -0.481 e. The number of benzene rings is 2. The first-order chi connectivity index (χ1) is 10.9. The van der Waals surface area contributed by atoms with Gasteiger partial charge < -0.3 is 5.11 Å². The molecule has 0 spiro atoms. The fraction of sp³-hybridized carbons (Fsp3) is 0.188. The minimum atomic E-state index is -3.68. The van der Waals surface area contributed by atoms with Crippen molar-refractivity contribution in [1.29, 1.82) is 0 Å². The van der Waals surface area contributed by atoms with E-state index in [-0.39, 0.29) is 17.9 Å². The molecule has 0 aromatic heterocycles. The second-order valence-electron chi connectivity index (χ2n) is 5.01. The van der Waals surface area contributed by atoms with Crippen LogP contribution in [0.4, 0.5) is 0 Å². The van der Waals surface area contributed by atoms with Crippen LogP contribution in [0.3, 0.4) is 0 Å². The van der Waals surface area contributed by atoms with Crippen molar-refractivity contribution in [3.05, 3.63) is 64.6 Å². The largest absolute Gasteiger partial charge is 0.481 e. The van der Waals surface area contributed by atoms with Gasteiger partial charge in [-0.3, -0.25) is 4.79 Å². The minimum absolute atomic E-state index is 0.0225.